The maximum absolute atomic E-state index is 3.23. The van der Waals surface area contributed by atoms with E-state index in [1.807, 2.05) is 7.05 Å². The summed E-state index contributed by atoms with van der Waals surface area (Å²) in [7, 11) is 2.00. The van der Waals surface area contributed by atoms with Crippen LogP contribution < -0.4 is 5.32 Å². The van der Waals surface area contributed by atoms with E-state index >= 15 is 0 Å². The van der Waals surface area contributed by atoms with Gasteiger partial charge >= 0.3 is 0 Å². The van der Waals surface area contributed by atoms with E-state index in [0.717, 1.165) is 12.8 Å². The minimum Gasteiger partial charge on any atom is -0.317 e. The van der Waals surface area contributed by atoms with Gasteiger partial charge in [0.05, 0.1) is 0 Å². The van der Waals surface area contributed by atoms with E-state index in [4.69, 9.17) is 0 Å². The van der Waals surface area contributed by atoms with Gasteiger partial charge < -0.3 is 5.32 Å². The molecule has 1 aliphatic rings. The molecule has 66 valence electrons. The van der Waals surface area contributed by atoms with Gasteiger partial charge in [0.25, 0.3) is 0 Å². The Kier molecular flexibility index (Phi) is 3.81. The molecule has 1 unspecified atom stereocenters. The Morgan fingerprint density at radius 1 is 1.50 bits per heavy atom. The molecule has 0 aromatic carbocycles. The highest BCUT2D eigenvalue weighted by molar-refractivity contribution is 5.27. The van der Waals surface area contributed by atoms with Gasteiger partial charge in [-0.1, -0.05) is 30.4 Å². The van der Waals surface area contributed by atoms with E-state index in [1.165, 1.54) is 5.57 Å². The summed E-state index contributed by atoms with van der Waals surface area (Å²) in [4.78, 5) is 0. The number of rotatable bonds is 3. The highest BCUT2D eigenvalue weighted by Gasteiger charge is 2.00. The second-order valence-electron chi connectivity index (χ2n) is 3.20. The number of allylic oxidation sites excluding steroid dienone is 5. The zero-order valence-electron chi connectivity index (χ0n) is 7.88. The van der Waals surface area contributed by atoms with Crippen molar-refractivity contribution >= 4 is 0 Å². The fraction of sp³-hybridized carbons (Fsp3) is 0.455. The average molecular weight is 163 g/mol. The van der Waals surface area contributed by atoms with Crippen molar-refractivity contribution in [2.24, 2.45) is 0 Å². The Bertz CT molecular complexity index is 211. The first-order valence-electron chi connectivity index (χ1n) is 4.52. The summed E-state index contributed by atoms with van der Waals surface area (Å²) in [5, 5.41) is 3.23. The van der Waals surface area contributed by atoms with Crippen molar-refractivity contribution in [2.75, 3.05) is 7.05 Å². The molecular formula is C11H17N. The molecule has 1 nitrogen and oxygen atoms in total. The van der Waals surface area contributed by atoms with Gasteiger partial charge in [-0.05, 0) is 32.4 Å². The zero-order chi connectivity index (χ0) is 8.81. The molecule has 1 rings (SSSR count). The van der Waals surface area contributed by atoms with Crippen molar-refractivity contribution in [3.8, 4) is 0 Å². The Morgan fingerprint density at radius 2 is 2.33 bits per heavy atom. The van der Waals surface area contributed by atoms with Crippen LogP contribution in [-0.4, -0.2) is 13.1 Å². The third-order valence-electron chi connectivity index (χ3n) is 2.09. The quantitative estimate of drug-likeness (QED) is 0.673. The SMILES string of the molecule is CNC(C)CC1=CC=CCC=C1. The first-order chi connectivity index (χ1) is 5.83. The molecule has 0 radical (unpaired) electrons. The molecule has 0 aliphatic heterocycles. The standard InChI is InChI=1S/C11H17N/c1-10(12-2)9-11-7-5-3-4-6-8-11/h3,5-8,10,12H,4,9H2,1-2H3. The lowest BCUT2D eigenvalue weighted by atomic mass is 10.1. The predicted octanol–water partition coefficient (Wildman–Crippen LogP) is 2.43. The van der Waals surface area contributed by atoms with E-state index in [-0.39, 0.29) is 0 Å². The smallest absolute Gasteiger partial charge is 0.00761 e. The molecule has 0 spiro atoms. The molecular weight excluding hydrogens is 146 g/mol. The summed E-state index contributed by atoms with van der Waals surface area (Å²) in [6, 6.07) is 0.562. The summed E-state index contributed by atoms with van der Waals surface area (Å²) >= 11 is 0. The van der Waals surface area contributed by atoms with E-state index in [0.29, 0.717) is 6.04 Å². The molecule has 1 N–H and O–H groups in total. The largest absolute Gasteiger partial charge is 0.317 e. The summed E-state index contributed by atoms with van der Waals surface area (Å²) in [6.07, 6.45) is 13.1. The van der Waals surface area contributed by atoms with Gasteiger partial charge in [0.2, 0.25) is 0 Å². The molecule has 0 saturated heterocycles. The Hall–Kier alpha value is -0.820. The average Bonchev–Trinajstić information content (AvgIpc) is 2.33. The molecule has 0 bridgehead atoms. The molecule has 0 aromatic rings. The topological polar surface area (TPSA) is 12.0 Å². The number of hydrogen-bond donors (Lipinski definition) is 1. The van der Waals surface area contributed by atoms with Crippen LogP contribution in [0, 0.1) is 0 Å². The highest BCUT2D eigenvalue weighted by atomic mass is 14.8. The minimum absolute atomic E-state index is 0.562. The van der Waals surface area contributed by atoms with Crippen LogP contribution in [0.2, 0.25) is 0 Å². The molecule has 1 aliphatic carbocycles. The molecule has 0 aromatic heterocycles. The van der Waals surface area contributed by atoms with Crippen LogP contribution in [0.25, 0.3) is 0 Å². The molecule has 0 amide bonds. The second-order valence-corrected chi connectivity index (χ2v) is 3.20. The molecule has 12 heavy (non-hydrogen) atoms. The van der Waals surface area contributed by atoms with Crippen molar-refractivity contribution in [1.29, 1.82) is 0 Å². The predicted molar refractivity (Wildman–Crippen MR) is 54.1 cm³/mol. The highest BCUT2D eigenvalue weighted by Crippen LogP contribution is 2.10. The summed E-state index contributed by atoms with van der Waals surface area (Å²) in [6.45, 7) is 2.20. The maximum atomic E-state index is 3.23. The summed E-state index contributed by atoms with van der Waals surface area (Å²) in [5.41, 5.74) is 1.41. The van der Waals surface area contributed by atoms with Gasteiger partial charge in [-0.2, -0.15) is 0 Å². The van der Waals surface area contributed by atoms with E-state index in [1.54, 1.807) is 0 Å². The molecule has 1 atom stereocenters. The first kappa shape index (κ1) is 9.27. The Balaban J connectivity index is 2.50. The minimum atomic E-state index is 0.562. The third-order valence-corrected chi connectivity index (χ3v) is 2.09. The summed E-state index contributed by atoms with van der Waals surface area (Å²) < 4.78 is 0. The third kappa shape index (κ3) is 3.05. The lowest BCUT2D eigenvalue weighted by molar-refractivity contribution is 0.610. The van der Waals surface area contributed by atoms with Crippen LogP contribution in [0.15, 0.2) is 36.0 Å². The van der Waals surface area contributed by atoms with E-state index in [2.05, 4.69) is 42.6 Å². The second kappa shape index (κ2) is 4.94. The molecule has 0 heterocycles. The van der Waals surface area contributed by atoms with Crippen molar-refractivity contribution in [1.82, 2.24) is 5.32 Å². The Labute approximate surface area is 74.9 Å². The normalized spacial score (nSPS) is 18.7. The van der Waals surface area contributed by atoms with Crippen LogP contribution >= 0.6 is 0 Å². The van der Waals surface area contributed by atoms with Gasteiger partial charge in [-0.3, -0.25) is 0 Å². The zero-order valence-corrected chi connectivity index (χ0v) is 7.88. The van der Waals surface area contributed by atoms with E-state index < -0.39 is 0 Å². The van der Waals surface area contributed by atoms with Gasteiger partial charge in [0.15, 0.2) is 0 Å². The van der Waals surface area contributed by atoms with Gasteiger partial charge in [-0.25, -0.2) is 0 Å². The van der Waals surface area contributed by atoms with Crippen molar-refractivity contribution in [2.45, 2.75) is 25.8 Å². The fourth-order valence-electron chi connectivity index (χ4n) is 1.22. The maximum Gasteiger partial charge on any atom is 0.00761 e. The van der Waals surface area contributed by atoms with Gasteiger partial charge in [0, 0.05) is 6.04 Å². The van der Waals surface area contributed by atoms with Crippen LogP contribution in [0.4, 0.5) is 0 Å². The lowest BCUT2D eigenvalue weighted by Gasteiger charge is -2.09. The Morgan fingerprint density at radius 3 is 3.08 bits per heavy atom. The van der Waals surface area contributed by atoms with Crippen LogP contribution in [0.3, 0.4) is 0 Å². The molecule has 1 heteroatoms. The molecule has 0 saturated carbocycles. The fourth-order valence-corrected chi connectivity index (χ4v) is 1.22. The van der Waals surface area contributed by atoms with Crippen molar-refractivity contribution in [3.05, 3.63) is 36.0 Å². The van der Waals surface area contributed by atoms with Crippen molar-refractivity contribution in [3.63, 3.8) is 0 Å². The summed E-state index contributed by atoms with van der Waals surface area (Å²) in [5.74, 6) is 0. The number of hydrogen-bond acceptors (Lipinski definition) is 1. The number of nitrogens with one attached hydrogen (secondary N) is 1. The van der Waals surface area contributed by atoms with Crippen LogP contribution in [0.1, 0.15) is 19.8 Å². The van der Waals surface area contributed by atoms with Crippen LogP contribution in [-0.2, 0) is 0 Å². The van der Waals surface area contributed by atoms with Gasteiger partial charge in [-0.15, -0.1) is 0 Å². The van der Waals surface area contributed by atoms with Crippen LogP contribution in [0.5, 0.6) is 0 Å². The lowest BCUT2D eigenvalue weighted by Crippen LogP contribution is -2.21. The molecule has 0 fully saturated rings. The monoisotopic (exact) mass is 163 g/mol. The van der Waals surface area contributed by atoms with Gasteiger partial charge in [0.1, 0.15) is 0 Å². The van der Waals surface area contributed by atoms with E-state index in [9.17, 15) is 0 Å². The van der Waals surface area contributed by atoms with Crippen molar-refractivity contribution < 1.29 is 0 Å². The first-order valence-corrected chi connectivity index (χ1v) is 4.52.